The first kappa shape index (κ1) is 17.8. The van der Waals surface area contributed by atoms with Crippen molar-refractivity contribution in [3.63, 3.8) is 0 Å². The number of nitrogens with one attached hydrogen (secondary N) is 1. The molecule has 152 valence electrons. The highest BCUT2D eigenvalue weighted by Crippen LogP contribution is 2.41. The molecule has 0 fully saturated rings. The fourth-order valence-corrected chi connectivity index (χ4v) is 4.58. The third-order valence-electron chi connectivity index (χ3n) is 5.90. The number of nitrogens with zero attached hydrogens (tertiary/aromatic N) is 4. The van der Waals surface area contributed by atoms with Gasteiger partial charge < -0.3 is 9.88 Å². The molecule has 0 bridgehead atoms. The molecule has 6 rings (SSSR count). The van der Waals surface area contributed by atoms with Crippen molar-refractivity contribution in [2.45, 2.75) is 18.9 Å². The van der Waals surface area contributed by atoms with E-state index in [-0.39, 0.29) is 17.6 Å². The van der Waals surface area contributed by atoms with E-state index in [1.54, 1.807) is 29.0 Å². The van der Waals surface area contributed by atoms with Crippen LogP contribution in [-0.4, -0.2) is 25.1 Å². The Bertz CT molecular complexity index is 1470. The Hall–Kier alpha value is -4.00. The van der Waals surface area contributed by atoms with Gasteiger partial charge in [0.25, 0.3) is 0 Å². The highest BCUT2D eigenvalue weighted by molar-refractivity contribution is 6.06. The van der Waals surface area contributed by atoms with E-state index in [4.69, 9.17) is 0 Å². The van der Waals surface area contributed by atoms with Crippen molar-refractivity contribution in [1.82, 2.24) is 19.2 Å². The molecule has 5 aromatic rings. The number of amides is 1. The number of hydrogen-bond donors (Lipinski definition) is 1. The van der Waals surface area contributed by atoms with Crippen LogP contribution in [0.3, 0.4) is 0 Å². The molecular weight excluding hydrogens is 393 g/mol. The van der Waals surface area contributed by atoms with Crippen LogP contribution in [-0.2, 0) is 11.3 Å². The topological polar surface area (TPSA) is 64.2 Å². The number of halogens is 1. The molecule has 0 aliphatic carbocycles. The van der Waals surface area contributed by atoms with E-state index in [2.05, 4.69) is 26.2 Å². The predicted molar refractivity (Wildman–Crippen MR) is 116 cm³/mol. The van der Waals surface area contributed by atoms with Gasteiger partial charge in [-0.25, -0.2) is 13.9 Å². The molecule has 0 radical (unpaired) electrons. The Morgan fingerprint density at radius 1 is 1.13 bits per heavy atom. The molecule has 1 aliphatic heterocycles. The van der Waals surface area contributed by atoms with Crippen LogP contribution >= 0.6 is 0 Å². The van der Waals surface area contributed by atoms with E-state index in [1.165, 1.54) is 6.07 Å². The molecule has 2 aromatic carbocycles. The number of benzene rings is 2. The smallest absolute Gasteiger partial charge is 0.225 e. The van der Waals surface area contributed by atoms with Gasteiger partial charge in [0.1, 0.15) is 5.82 Å². The van der Waals surface area contributed by atoms with Crippen LogP contribution in [0.25, 0.3) is 16.6 Å². The molecule has 1 aliphatic rings. The molecule has 31 heavy (non-hydrogen) atoms. The lowest BCUT2D eigenvalue weighted by atomic mass is 9.90. The molecule has 3 aromatic heterocycles. The molecule has 6 nitrogen and oxygen atoms in total. The molecule has 0 saturated heterocycles. The highest BCUT2D eigenvalue weighted by atomic mass is 19.1. The first-order valence-corrected chi connectivity index (χ1v) is 10.1. The van der Waals surface area contributed by atoms with Crippen LogP contribution in [0.1, 0.15) is 29.0 Å². The largest absolute Gasteiger partial charge is 0.343 e. The zero-order valence-electron chi connectivity index (χ0n) is 16.5. The van der Waals surface area contributed by atoms with E-state index in [9.17, 15) is 9.18 Å². The number of carbonyl (C=O) groups is 1. The number of rotatable bonds is 3. The summed E-state index contributed by atoms with van der Waals surface area (Å²) >= 11 is 0. The summed E-state index contributed by atoms with van der Waals surface area (Å²) in [6.45, 7) is 0.533. The van der Waals surface area contributed by atoms with Crippen molar-refractivity contribution < 1.29 is 9.18 Å². The van der Waals surface area contributed by atoms with Crippen LogP contribution in [0.4, 0.5) is 10.1 Å². The lowest BCUT2D eigenvalue weighted by Gasteiger charge is -2.12. The molecule has 1 atom stereocenters. The molecule has 1 amide bonds. The monoisotopic (exact) mass is 411 g/mol. The minimum Gasteiger partial charge on any atom is -0.343 e. The summed E-state index contributed by atoms with van der Waals surface area (Å²) < 4.78 is 17.6. The Kier molecular flexibility index (Phi) is 3.89. The van der Waals surface area contributed by atoms with Gasteiger partial charge >= 0.3 is 0 Å². The third-order valence-corrected chi connectivity index (χ3v) is 5.90. The quantitative estimate of drug-likeness (QED) is 0.480. The second kappa shape index (κ2) is 6.77. The average molecular weight is 411 g/mol. The summed E-state index contributed by atoms with van der Waals surface area (Å²) in [7, 11) is 0. The Morgan fingerprint density at radius 2 is 2.03 bits per heavy atom. The predicted octanol–water partition coefficient (Wildman–Crippen LogP) is 4.35. The standard InChI is InChI=1S/C24H18FN5O/c25-16-5-1-4-15(10-16)13-29-14-19-17(18-12-27-30-9-3-8-26-24(18)30)11-22(31)28-20-6-2-7-21(29)23(19)20/h1-10,12,14,17H,11,13H2,(H,28,31)/t17-/m0/s1. The van der Waals surface area contributed by atoms with Crippen molar-refractivity contribution >= 4 is 28.1 Å². The zero-order valence-corrected chi connectivity index (χ0v) is 16.5. The van der Waals surface area contributed by atoms with E-state index in [0.717, 1.165) is 38.9 Å². The third kappa shape index (κ3) is 2.89. The zero-order chi connectivity index (χ0) is 20.9. The van der Waals surface area contributed by atoms with Crippen molar-refractivity contribution in [2.75, 3.05) is 5.32 Å². The van der Waals surface area contributed by atoms with Gasteiger partial charge in [-0.15, -0.1) is 0 Å². The van der Waals surface area contributed by atoms with Gasteiger partial charge in [0.15, 0.2) is 5.65 Å². The summed E-state index contributed by atoms with van der Waals surface area (Å²) in [5, 5.41) is 8.49. The molecular formula is C24H18FN5O. The fourth-order valence-electron chi connectivity index (χ4n) is 4.58. The van der Waals surface area contributed by atoms with Crippen LogP contribution in [0.15, 0.2) is 73.3 Å². The van der Waals surface area contributed by atoms with E-state index < -0.39 is 0 Å². The second-order valence-electron chi connectivity index (χ2n) is 7.83. The average Bonchev–Trinajstić information content (AvgIpc) is 3.31. The van der Waals surface area contributed by atoms with Gasteiger partial charge in [-0.3, -0.25) is 4.79 Å². The molecule has 0 spiro atoms. The number of hydrogen-bond acceptors (Lipinski definition) is 3. The minimum atomic E-state index is -0.251. The Balaban J connectivity index is 1.56. The van der Waals surface area contributed by atoms with Gasteiger partial charge in [-0.05, 0) is 41.5 Å². The van der Waals surface area contributed by atoms with E-state index in [0.29, 0.717) is 13.0 Å². The van der Waals surface area contributed by atoms with Crippen molar-refractivity contribution in [1.29, 1.82) is 0 Å². The van der Waals surface area contributed by atoms with Crippen LogP contribution in [0, 0.1) is 5.82 Å². The SMILES string of the molecule is O=C1C[C@@H](c2cnn3cccnc23)c2cn(Cc3cccc(F)c3)c3cccc(c23)N1. The number of anilines is 1. The molecule has 7 heteroatoms. The number of carbonyl (C=O) groups excluding carboxylic acids is 1. The first-order valence-electron chi connectivity index (χ1n) is 10.1. The summed E-state index contributed by atoms with van der Waals surface area (Å²) in [5.41, 5.74) is 5.36. The number of aromatic nitrogens is 4. The van der Waals surface area contributed by atoms with Crippen molar-refractivity contribution in [3.8, 4) is 0 Å². The second-order valence-corrected chi connectivity index (χ2v) is 7.83. The maximum atomic E-state index is 13.7. The normalized spacial score (nSPS) is 15.9. The van der Waals surface area contributed by atoms with Crippen LogP contribution in [0.5, 0.6) is 0 Å². The lowest BCUT2D eigenvalue weighted by Crippen LogP contribution is -2.14. The van der Waals surface area contributed by atoms with Gasteiger partial charge in [-0.2, -0.15) is 5.10 Å². The van der Waals surface area contributed by atoms with Gasteiger partial charge in [0.05, 0.1) is 17.4 Å². The molecule has 0 saturated carbocycles. The molecule has 4 heterocycles. The van der Waals surface area contributed by atoms with Crippen LogP contribution < -0.4 is 5.32 Å². The fraction of sp³-hybridized carbons (Fsp3) is 0.125. The van der Waals surface area contributed by atoms with Gasteiger partial charge in [0, 0.05) is 48.4 Å². The maximum absolute atomic E-state index is 13.7. The van der Waals surface area contributed by atoms with Gasteiger partial charge in [0.2, 0.25) is 5.91 Å². The Labute approximate surface area is 177 Å². The summed E-state index contributed by atoms with van der Waals surface area (Å²) in [6, 6.07) is 14.3. The first-order chi connectivity index (χ1) is 15.2. The lowest BCUT2D eigenvalue weighted by molar-refractivity contribution is -0.116. The van der Waals surface area contributed by atoms with Gasteiger partial charge in [-0.1, -0.05) is 18.2 Å². The summed E-state index contributed by atoms with van der Waals surface area (Å²) in [4.78, 5) is 17.2. The minimum absolute atomic E-state index is 0.0411. The number of fused-ring (bicyclic) bond motifs is 1. The van der Waals surface area contributed by atoms with E-state index >= 15 is 0 Å². The highest BCUT2D eigenvalue weighted by Gasteiger charge is 2.30. The summed E-state index contributed by atoms with van der Waals surface area (Å²) in [5.74, 6) is -0.480. The molecule has 0 unspecified atom stereocenters. The molecule has 1 N–H and O–H groups in total. The summed E-state index contributed by atoms with van der Waals surface area (Å²) in [6.07, 6.45) is 7.75. The Morgan fingerprint density at radius 3 is 2.94 bits per heavy atom. The van der Waals surface area contributed by atoms with Crippen molar-refractivity contribution in [3.05, 3.63) is 95.8 Å². The van der Waals surface area contributed by atoms with E-state index in [1.807, 2.05) is 36.5 Å². The van der Waals surface area contributed by atoms with Crippen LogP contribution in [0.2, 0.25) is 0 Å². The van der Waals surface area contributed by atoms with Crippen molar-refractivity contribution in [2.24, 2.45) is 0 Å². The maximum Gasteiger partial charge on any atom is 0.225 e.